The molecular formula is C14H13ClFNO. The molecule has 1 unspecified atom stereocenters. The molecule has 2 aromatic rings. The molecule has 0 saturated heterocycles. The van der Waals surface area contributed by atoms with Gasteiger partial charge in [-0.15, -0.1) is 0 Å². The summed E-state index contributed by atoms with van der Waals surface area (Å²) in [5, 5.41) is 0.507. The van der Waals surface area contributed by atoms with Crippen LogP contribution in [-0.2, 0) is 0 Å². The lowest BCUT2D eigenvalue weighted by molar-refractivity contribution is 0.214. The SMILES string of the molecule is NCC(Oc1ccccc1Cl)c1cccc(F)c1. The maximum absolute atomic E-state index is 13.2. The number of para-hydroxylation sites is 1. The molecule has 0 aliphatic heterocycles. The van der Waals surface area contributed by atoms with Gasteiger partial charge in [-0.2, -0.15) is 0 Å². The number of halogens is 2. The fourth-order valence-electron chi connectivity index (χ4n) is 1.65. The number of hydrogen-bond donors (Lipinski definition) is 1. The molecule has 2 nitrogen and oxygen atoms in total. The van der Waals surface area contributed by atoms with Gasteiger partial charge in [-0.1, -0.05) is 35.9 Å². The van der Waals surface area contributed by atoms with E-state index < -0.39 is 6.10 Å². The smallest absolute Gasteiger partial charge is 0.138 e. The summed E-state index contributed by atoms with van der Waals surface area (Å²) in [6, 6.07) is 13.3. The van der Waals surface area contributed by atoms with E-state index in [4.69, 9.17) is 22.1 Å². The normalized spacial score (nSPS) is 12.2. The zero-order chi connectivity index (χ0) is 13.0. The fourth-order valence-corrected chi connectivity index (χ4v) is 1.83. The van der Waals surface area contributed by atoms with Gasteiger partial charge >= 0.3 is 0 Å². The van der Waals surface area contributed by atoms with Crippen molar-refractivity contribution in [3.63, 3.8) is 0 Å². The summed E-state index contributed by atoms with van der Waals surface area (Å²) in [7, 11) is 0. The summed E-state index contributed by atoms with van der Waals surface area (Å²) in [6.07, 6.45) is -0.416. The van der Waals surface area contributed by atoms with E-state index in [0.29, 0.717) is 16.3 Å². The van der Waals surface area contributed by atoms with Crippen LogP contribution in [0.3, 0.4) is 0 Å². The highest BCUT2D eigenvalue weighted by molar-refractivity contribution is 6.32. The molecule has 0 amide bonds. The van der Waals surface area contributed by atoms with Gasteiger partial charge in [-0.05, 0) is 29.8 Å². The van der Waals surface area contributed by atoms with Crippen LogP contribution in [0.25, 0.3) is 0 Å². The number of hydrogen-bond acceptors (Lipinski definition) is 2. The standard InChI is InChI=1S/C14H13ClFNO/c15-12-6-1-2-7-13(12)18-14(9-17)10-4-3-5-11(16)8-10/h1-8,14H,9,17H2. The maximum atomic E-state index is 13.2. The van der Waals surface area contributed by atoms with E-state index in [1.165, 1.54) is 12.1 Å². The monoisotopic (exact) mass is 265 g/mol. The molecule has 0 radical (unpaired) electrons. The molecule has 0 saturated carbocycles. The number of rotatable bonds is 4. The Morgan fingerprint density at radius 3 is 2.61 bits per heavy atom. The molecule has 18 heavy (non-hydrogen) atoms. The van der Waals surface area contributed by atoms with Crippen LogP contribution < -0.4 is 10.5 Å². The Labute approximate surface area is 110 Å². The average molecular weight is 266 g/mol. The fraction of sp³-hybridized carbons (Fsp3) is 0.143. The molecule has 4 heteroatoms. The Hall–Kier alpha value is -1.58. The number of benzene rings is 2. The highest BCUT2D eigenvalue weighted by Gasteiger charge is 2.13. The third-order valence-electron chi connectivity index (χ3n) is 2.54. The molecule has 0 aliphatic carbocycles. The van der Waals surface area contributed by atoms with Crippen molar-refractivity contribution in [3.05, 3.63) is 64.9 Å². The summed E-state index contributed by atoms with van der Waals surface area (Å²) < 4.78 is 18.9. The predicted octanol–water partition coefficient (Wildman–Crippen LogP) is 3.56. The van der Waals surface area contributed by atoms with Crippen LogP contribution >= 0.6 is 11.6 Å². The third kappa shape index (κ3) is 3.00. The lowest BCUT2D eigenvalue weighted by Gasteiger charge is -2.18. The number of ether oxygens (including phenoxy) is 1. The van der Waals surface area contributed by atoms with Crippen molar-refractivity contribution in [2.24, 2.45) is 5.73 Å². The average Bonchev–Trinajstić information content (AvgIpc) is 2.38. The van der Waals surface area contributed by atoms with E-state index in [1.807, 2.05) is 12.1 Å². The summed E-state index contributed by atoms with van der Waals surface area (Å²) in [4.78, 5) is 0. The first kappa shape index (κ1) is 12.9. The van der Waals surface area contributed by atoms with Gasteiger partial charge in [0.25, 0.3) is 0 Å². The quantitative estimate of drug-likeness (QED) is 0.917. The van der Waals surface area contributed by atoms with Crippen LogP contribution in [0.1, 0.15) is 11.7 Å². The summed E-state index contributed by atoms with van der Waals surface area (Å²) in [6.45, 7) is 0.245. The molecule has 0 spiro atoms. The van der Waals surface area contributed by atoms with Gasteiger partial charge in [0.05, 0.1) is 5.02 Å². The van der Waals surface area contributed by atoms with Crippen LogP contribution in [0.5, 0.6) is 5.75 Å². The molecule has 0 bridgehead atoms. The first-order chi connectivity index (χ1) is 8.70. The van der Waals surface area contributed by atoms with Crippen molar-refractivity contribution in [2.75, 3.05) is 6.54 Å². The molecular weight excluding hydrogens is 253 g/mol. The Balaban J connectivity index is 2.23. The van der Waals surface area contributed by atoms with Crippen LogP contribution in [0.15, 0.2) is 48.5 Å². The molecule has 2 rings (SSSR count). The topological polar surface area (TPSA) is 35.2 Å². The first-order valence-corrected chi connectivity index (χ1v) is 5.95. The largest absolute Gasteiger partial charge is 0.483 e. The number of nitrogens with two attached hydrogens (primary N) is 1. The van der Waals surface area contributed by atoms with Crippen molar-refractivity contribution in [1.29, 1.82) is 0 Å². The van der Waals surface area contributed by atoms with Gasteiger partial charge in [0.15, 0.2) is 0 Å². The van der Waals surface area contributed by atoms with E-state index >= 15 is 0 Å². The lowest BCUT2D eigenvalue weighted by Crippen LogP contribution is -2.18. The first-order valence-electron chi connectivity index (χ1n) is 5.57. The zero-order valence-electron chi connectivity index (χ0n) is 9.64. The molecule has 0 heterocycles. The third-order valence-corrected chi connectivity index (χ3v) is 2.85. The second-order valence-corrected chi connectivity index (χ2v) is 4.23. The Morgan fingerprint density at radius 2 is 1.94 bits per heavy atom. The van der Waals surface area contributed by atoms with E-state index in [0.717, 1.165) is 0 Å². The van der Waals surface area contributed by atoms with Crippen molar-refractivity contribution in [1.82, 2.24) is 0 Å². The Bertz CT molecular complexity index is 533. The summed E-state index contributed by atoms with van der Waals surface area (Å²) in [5.41, 5.74) is 6.35. The Morgan fingerprint density at radius 1 is 1.17 bits per heavy atom. The minimum absolute atomic E-state index is 0.245. The van der Waals surface area contributed by atoms with Gasteiger partial charge in [0.1, 0.15) is 17.7 Å². The van der Waals surface area contributed by atoms with Gasteiger partial charge in [0, 0.05) is 6.54 Å². The van der Waals surface area contributed by atoms with E-state index in [1.54, 1.807) is 24.3 Å². The molecule has 0 aliphatic rings. The van der Waals surface area contributed by atoms with Gasteiger partial charge in [-0.25, -0.2) is 4.39 Å². The molecule has 0 aromatic heterocycles. The van der Waals surface area contributed by atoms with E-state index in [2.05, 4.69) is 0 Å². The van der Waals surface area contributed by atoms with Crippen LogP contribution in [0.4, 0.5) is 4.39 Å². The van der Waals surface area contributed by atoms with Gasteiger partial charge < -0.3 is 10.5 Å². The van der Waals surface area contributed by atoms with Crippen molar-refractivity contribution < 1.29 is 9.13 Å². The molecule has 0 fully saturated rings. The maximum Gasteiger partial charge on any atom is 0.138 e. The summed E-state index contributed by atoms with van der Waals surface area (Å²) in [5.74, 6) is 0.229. The predicted molar refractivity (Wildman–Crippen MR) is 70.3 cm³/mol. The highest BCUT2D eigenvalue weighted by atomic mass is 35.5. The lowest BCUT2D eigenvalue weighted by atomic mass is 10.1. The van der Waals surface area contributed by atoms with E-state index in [-0.39, 0.29) is 12.4 Å². The highest BCUT2D eigenvalue weighted by Crippen LogP contribution is 2.28. The van der Waals surface area contributed by atoms with Crippen molar-refractivity contribution >= 4 is 11.6 Å². The van der Waals surface area contributed by atoms with E-state index in [9.17, 15) is 4.39 Å². The minimum Gasteiger partial charge on any atom is -0.483 e. The van der Waals surface area contributed by atoms with Gasteiger partial charge in [0.2, 0.25) is 0 Å². The van der Waals surface area contributed by atoms with Gasteiger partial charge in [-0.3, -0.25) is 0 Å². The van der Waals surface area contributed by atoms with Crippen LogP contribution in [0.2, 0.25) is 5.02 Å². The molecule has 1 atom stereocenters. The van der Waals surface area contributed by atoms with Crippen molar-refractivity contribution in [3.8, 4) is 5.75 Å². The van der Waals surface area contributed by atoms with Crippen LogP contribution in [-0.4, -0.2) is 6.54 Å². The zero-order valence-corrected chi connectivity index (χ0v) is 10.4. The second kappa shape index (κ2) is 5.85. The summed E-state index contributed by atoms with van der Waals surface area (Å²) >= 11 is 6.00. The minimum atomic E-state index is -0.416. The molecule has 2 aromatic carbocycles. The molecule has 94 valence electrons. The second-order valence-electron chi connectivity index (χ2n) is 3.83. The van der Waals surface area contributed by atoms with Crippen LogP contribution in [0, 0.1) is 5.82 Å². The van der Waals surface area contributed by atoms with Crippen molar-refractivity contribution in [2.45, 2.75) is 6.10 Å². The molecule has 2 N–H and O–H groups in total. The Kier molecular flexibility index (Phi) is 4.18.